The van der Waals surface area contributed by atoms with Crippen LogP contribution in [0.5, 0.6) is 0 Å². The van der Waals surface area contributed by atoms with Gasteiger partial charge in [0.2, 0.25) is 0 Å². The van der Waals surface area contributed by atoms with Crippen LogP contribution in [0.1, 0.15) is 25.0 Å². The van der Waals surface area contributed by atoms with Crippen LogP contribution in [0.15, 0.2) is 87.9 Å². The van der Waals surface area contributed by atoms with Crippen molar-refractivity contribution in [3.8, 4) is 0 Å². The first-order valence-corrected chi connectivity index (χ1v) is 15.2. The van der Waals surface area contributed by atoms with Crippen LogP contribution < -0.4 is 15.5 Å². The summed E-state index contributed by atoms with van der Waals surface area (Å²) in [5.74, 6) is -0.744. The van der Waals surface area contributed by atoms with E-state index < -0.39 is 0 Å². The minimum Gasteiger partial charge on any atom is -0.399 e. The Hall–Kier alpha value is -4.02. The van der Waals surface area contributed by atoms with Crippen molar-refractivity contribution in [3.63, 3.8) is 0 Å². The highest BCUT2D eigenvalue weighted by atomic mass is 35.5. The number of hydrogen-bond donors (Lipinski definition) is 3. The van der Waals surface area contributed by atoms with E-state index in [1.54, 1.807) is 12.2 Å². The Morgan fingerprint density at radius 2 is 1.24 bits per heavy atom. The fourth-order valence-corrected chi connectivity index (χ4v) is 4.52. The molecule has 0 amide bonds. The van der Waals surface area contributed by atoms with Gasteiger partial charge >= 0.3 is 0 Å². The van der Waals surface area contributed by atoms with E-state index in [1.807, 2.05) is 44.2 Å². The lowest BCUT2D eigenvalue weighted by molar-refractivity contribution is -0.114. The summed E-state index contributed by atoms with van der Waals surface area (Å²) in [5.41, 5.74) is 12.3. The van der Waals surface area contributed by atoms with Gasteiger partial charge in [-0.3, -0.25) is 14.4 Å². The molecular formula is C34H40Cl2N4O5. The summed E-state index contributed by atoms with van der Waals surface area (Å²) in [6, 6.07) is 11.9. The molecule has 2 aromatic carbocycles. The maximum Gasteiger partial charge on any atom is 0.197 e. The molecule has 0 saturated carbocycles. The fourth-order valence-electron chi connectivity index (χ4n) is 4.18. The van der Waals surface area contributed by atoms with Crippen molar-refractivity contribution in [3.05, 3.63) is 94.0 Å². The van der Waals surface area contributed by atoms with Crippen molar-refractivity contribution in [1.82, 2.24) is 0 Å². The van der Waals surface area contributed by atoms with Gasteiger partial charge in [-0.05, 0) is 106 Å². The van der Waals surface area contributed by atoms with Gasteiger partial charge in [0.25, 0.3) is 0 Å². The molecular weight excluding hydrogens is 615 g/mol. The van der Waals surface area contributed by atoms with Gasteiger partial charge in [0.1, 0.15) is 0 Å². The largest absolute Gasteiger partial charge is 0.399 e. The highest BCUT2D eigenvalue weighted by Crippen LogP contribution is 2.26. The fraction of sp³-hybridized carbons (Fsp3) is 0.294. The van der Waals surface area contributed by atoms with Crippen molar-refractivity contribution < 1.29 is 24.6 Å². The third kappa shape index (κ3) is 11.8. The first-order valence-electron chi connectivity index (χ1n) is 14.4. The topological polar surface area (TPSA) is 137 Å². The van der Waals surface area contributed by atoms with Gasteiger partial charge < -0.3 is 25.7 Å². The molecule has 9 nitrogen and oxygen atoms in total. The summed E-state index contributed by atoms with van der Waals surface area (Å²) in [4.78, 5) is 41.0. The number of likely N-dealkylation sites (N-methyl/N-ethyl adjacent to an activating group) is 2. The minimum absolute atomic E-state index is 0.0116. The number of aliphatic imine (C=N–C) groups is 1. The average molecular weight is 656 g/mol. The Balaban J connectivity index is 0.000000261. The molecule has 45 heavy (non-hydrogen) atoms. The molecule has 0 unspecified atom stereocenters. The van der Waals surface area contributed by atoms with Crippen LogP contribution in [0, 0.1) is 13.8 Å². The highest BCUT2D eigenvalue weighted by molar-refractivity contribution is 6.47. The number of aliphatic hydroxyl groups is 2. The van der Waals surface area contributed by atoms with E-state index in [4.69, 9.17) is 39.1 Å². The number of aliphatic hydroxyl groups excluding tert-OH is 2. The van der Waals surface area contributed by atoms with Crippen LogP contribution in [-0.4, -0.2) is 72.7 Å². The molecule has 0 aliphatic heterocycles. The second-order valence-corrected chi connectivity index (χ2v) is 10.8. The first kappa shape index (κ1) is 37.2. The molecule has 0 atom stereocenters. The third-order valence-electron chi connectivity index (χ3n) is 6.74. The van der Waals surface area contributed by atoms with Gasteiger partial charge in [-0.1, -0.05) is 23.2 Å². The van der Waals surface area contributed by atoms with Crippen molar-refractivity contribution in [2.75, 3.05) is 54.9 Å². The Morgan fingerprint density at radius 1 is 0.733 bits per heavy atom. The Morgan fingerprint density at radius 3 is 1.69 bits per heavy atom. The number of halogens is 2. The number of carbonyl (C=O) groups excluding carboxylic acids is 3. The minimum atomic E-state index is -0.309. The number of hydrogen-bond acceptors (Lipinski definition) is 9. The van der Waals surface area contributed by atoms with E-state index in [2.05, 4.69) is 34.7 Å². The van der Waals surface area contributed by atoms with E-state index in [0.717, 1.165) is 59.1 Å². The molecule has 0 spiro atoms. The number of rotatable bonds is 9. The van der Waals surface area contributed by atoms with Gasteiger partial charge in [0.15, 0.2) is 17.3 Å². The van der Waals surface area contributed by atoms with E-state index in [9.17, 15) is 14.4 Å². The predicted octanol–water partition coefficient (Wildman–Crippen LogP) is 5.36. The molecule has 2 aliphatic rings. The van der Waals surface area contributed by atoms with Crippen molar-refractivity contribution in [2.45, 2.75) is 27.7 Å². The van der Waals surface area contributed by atoms with Crippen molar-refractivity contribution in [2.24, 2.45) is 4.99 Å². The van der Waals surface area contributed by atoms with Crippen LogP contribution in [0.3, 0.4) is 0 Å². The van der Waals surface area contributed by atoms with Crippen LogP contribution in [0.4, 0.5) is 22.7 Å². The van der Waals surface area contributed by atoms with Crippen molar-refractivity contribution in [1.29, 1.82) is 0 Å². The number of allylic oxidation sites excluding steroid dienone is 8. The van der Waals surface area contributed by atoms with Gasteiger partial charge in [-0.25, -0.2) is 4.99 Å². The quantitative estimate of drug-likeness (QED) is 0.243. The van der Waals surface area contributed by atoms with E-state index >= 15 is 0 Å². The lowest BCUT2D eigenvalue weighted by Crippen LogP contribution is -2.26. The number of carbonyl (C=O) groups is 3. The molecule has 11 heteroatoms. The summed E-state index contributed by atoms with van der Waals surface area (Å²) < 4.78 is 0. The first-order chi connectivity index (χ1) is 21.4. The molecule has 4 N–H and O–H groups in total. The molecule has 4 rings (SSSR count). The summed E-state index contributed by atoms with van der Waals surface area (Å²) in [5, 5.41) is 18.1. The summed E-state index contributed by atoms with van der Waals surface area (Å²) in [6.45, 7) is 11.4. The Bertz CT molecular complexity index is 1530. The summed E-state index contributed by atoms with van der Waals surface area (Å²) >= 11 is 11.1. The molecule has 0 bridgehead atoms. The normalized spacial score (nSPS) is 14.7. The van der Waals surface area contributed by atoms with Crippen molar-refractivity contribution >= 4 is 69.0 Å². The van der Waals surface area contributed by atoms with E-state index in [-0.39, 0.29) is 40.6 Å². The highest BCUT2D eigenvalue weighted by Gasteiger charge is 2.11. The predicted molar refractivity (Wildman–Crippen MR) is 185 cm³/mol. The monoisotopic (exact) mass is 654 g/mol. The number of ketones is 3. The second kappa shape index (κ2) is 18.7. The number of nitrogen functional groups attached to an aromatic ring is 1. The smallest absolute Gasteiger partial charge is 0.197 e. The molecule has 0 saturated heterocycles. The van der Waals surface area contributed by atoms with E-state index in [1.165, 1.54) is 12.2 Å². The van der Waals surface area contributed by atoms with Gasteiger partial charge in [-0.2, -0.15) is 0 Å². The lowest BCUT2D eigenvalue weighted by atomic mass is 10.1. The maximum absolute atomic E-state index is 11.3. The zero-order valence-electron chi connectivity index (χ0n) is 26.0. The Labute approximate surface area is 274 Å². The summed E-state index contributed by atoms with van der Waals surface area (Å²) in [6.07, 6.45) is 8.10. The zero-order chi connectivity index (χ0) is 33.5. The Kier molecular flexibility index (Phi) is 15.5. The zero-order valence-corrected chi connectivity index (χ0v) is 27.5. The molecule has 240 valence electrons. The standard InChI is InChI=1S/C17H19ClN2O2.C11H18N2O.C6H3ClO2/c1-3-20(8-9-21)14-5-6-16(12(2)10-14)19-13-4-7-17(22)15(18)11-13;1-3-13(6-7-14)10-4-5-11(12)9(2)8-10;7-5-3-4(8)1-2-6(5)9/h4-7,10-11,21H,3,8-9H2,1-2H3;4-5,8,14H,3,6-7,12H2,1-2H3;1-3H. The van der Waals surface area contributed by atoms with Crippen LogP contribution in [-0.2, 0) is 14.4 Å². The summed E-state index contributed by atoms with van der Waals surface area (Å²) in [7, 11) is 0. The lowest BCUT2D eigenvalue weighted by Gasteiger charge is -2.22. The second-order valence-electron chi connectivity index (χ2n) is 9.94. The van der Waals surface area contributed by atoms with Gasteiger partial charge in [0, 0.05) is 49.3 Å². The average Bonchev–Trinajstić information content (AvgIpc) is 3.01. The van der Waals surface area contributed by atoms with Crippen LogP contribution in [0.2, 0.25) is 0 Å². The van der Waals surface area contributed by atoms with Crippen LogP contribution in [0.25, 0.3) is 0 Å². The molecule has 0 heterocycles. The SMILES string of the molecule is CCN(CCO)c1ccc(N)c(C)c1.CCN(CCO)c1ccc(N=C2C=CC(=O)C(Cl)=C2)c(C)c1.O=C1C=CC(=O)C(Cl)=C1. The molecule has 0 aromatic heterocycles. The molecule has 2 aromatic rings. The number of anilines is 3. The molecule has 0 fully saturated rings. The molecule has 0 radical (unpaired) electrons. The number of nitrogens with zero attached hydrogens (tertiary/aromatic N) is 3. The van der Waals surface area contributed by atoms with E-state index in [0.29, 0.717) is 18.8 Å². The maximum atomic E-state index is 11.3. The molecule has 2 aliphatic carbocycles. The third-order valence-corrected chi connectivity index (χ3v) is 7.33. The number of aryl methyl sites for hydroxylation is 2. The van der Waals surface area contributed by atoms with Crippen LogP contribution >= 0.6 is 23.2 Å². The number of benzene rings is 2. The van der Waals surface area contributed by atoms with Gasteiger partial charge in [0.05, 0.1) is 34.7 Å². The number of nitrogens with two attached hydrogens (primary N) is 1. The van der Waals surface area contributed by atoms with Gasteiger partial charge in [-0.15, -0.1) is 0 Å².